The smallest absolute Gasteiger partial charge is 0.344 e. The van der Waals surface area contributed by atoms with Gasteiger partial charge in [-0.15, -0.1) is 94.1 Å². The molecule has 15 rings (SSSR count). The molecule has 612 valence electrons. The number of thioether (sulfide) groups is 24. The minimum atomic E-state index is -0.915. The Labute approximate surface area is 777 Å². The lowest BCUT2D eigenvalue weighted by Gasteiger charge is -2.30. The quantitative estimate of drug-likeness (QED) is 0.0120. The van der Waals surface area contributed by atoms with Gasteiger partial charge < -0.3 is 24.7 Å². The van der Waals surface area contributed by atoms with E-state index < -0.39 is 48.9 Å². The van der Waals surface area contributed by atoms with Crippen molar-refractivity contribution in [2.45, 2.75) is 209 Å². The summed E-state index contributed by atoms with van der Waals surface area (Å²) in [6, 6.07) is 10.0. The highest BCUT2D eigenvalue weighted by atomic mass is 32.3. The fourth-order valence-electron chi connectivity index (χ4n) is 13.4. The number of aromatic amines is 4. The molecular weight excluding hydrogens is 1900 g/mol. The zero-order valence-corrected chi connectivity index (χ0v) is 85.4. The fourth-order valence-corrected chi connectivity index (χ4v) is 49.2. The molecule has 0 aliphatic carbocycles. The van der Waals surface area contributed by atoms with Gasteiger partial charge in [0.05, 0.1) is 89.3 Å². The number of carbonyl (C=O) groups is 1. The molecule has 9 aliphatic rings. The number of fused-ring (bicyclic) bond motifs is 20. The van der Waals surface area contributed by atoms with E-state index in [9.17, 15) is 25.0 Å². The van der Waals surface area contributed by atoms with Gasteiger partial charge in [-0.1, -0.05) is 242 Å². The molecule has 0 spiro atoms. The second-order valence-electron chi connectivity index (χ2n) is 29.4. The van der Waals surface area contributed by atoms with Crippen LogP contribution in [0.4, 0.5) is 11.4 Å². The van der Waals surface area contributed by atoms with Crippen molar-refractivity contribution in [1.29, 1.82) is 0 Å². The summed E-state index contributed by atoms with van der Waals surface area (Å²) in [6.45, 7) is 33.8. The van der Waals surface area contributed by atoms with Crippen molar-refractivity contribution in [2.24, 2.45) is 0 Å². The Morgan fingerprint density at radius 3 is 0.835 bits per heavy atom. The van der Waals surface area contributed by atoms with Crippen LogP contribution >= 0.6 is 282 Å². The highest BCUT2D eigenvalue weighted by molar-refractivity contribution is 8.45. The zero-order chi connectivity index (χ0) is 81.2. The molecule has 6 aromatic rings. The van der Waals surface area contributed by atoms with E-state index in [1.54, 1.807) is 12.1 Å². The third-order valence-electron chi connectivity index (χ3n) is 19.4. The van der Waals surface area contributed by atoms with Crippen LogP contribution in [-0.2, 0) is 28.1 Å². The SMILES string of the molecule is CCCSC1=C(SCCC)SC(=C2Sc3c4[nH]c(c3S2)C(C)(C)c2[nH]c(c3c2SC(=C2SC(SCCC)=C(SCCC)S2)S3)C(C)(C)c2[nH]c(c3c2SC(=C2SC(SCCC)=C(SCCC)S2)S3)C(C)(C)c2[nH]c(c3c2SC(=C2SC(SC)=C(SCCCc5ccc(OC(=O)c6cc([N+](=O)[O-])cc([N+](=O)[O-])c6)cc5)S2)S3)C4(C)C)S1. The predicted octanol–water partition coefficient (Wildman–Crippen LogP) is 33.0. The maximum Gasteiger partial charge on any atom is 0.344 e. The highest BCUT2D eigenvalue weighted by Gasteiger charge is 2.52. The van der Waals surface area contributed by atoms with Gasteiger partial charge in [-0.3, -0.25) is 20.2 Å². The van der Waals surface area contributed by atoms with Crippen LogP contribution in [0.3, 0.4) is 0 Å². The summed E-state index contributed by atoms with van der Waals surface area (Å²) in [7, 11) is 0. The van der Waals surface area contributed by atoms with Gasteiger partial charge in [0.25, 0.3) is 11.4 Å². The lowest BCUT2D eigenvalue weighted by Crippen LogP contribution is -2.27. The lowest BCUT2D eigenvalue weighted by atomic mass is 9.85. The molecule has 0 saturated heterocycles. The van der Waals surface area contributed by atoms with E-state index in [1.807, 2.05) is 294 Å². The number of nitro benzene ring substituents is 2. The van der Waals surface area contributed by atoms with Crippen molar-refractivity contribution in [1.82, 2.24) is 19.9 Å². The molecule has 9 aliphatic heterocycles. The van der Waals surface area contributed by atoms with E-state index >= 15 is 0 Å². The zero-order valence-electron chi connectivity index (χ0n) is 65.8. The largest absolute Gasteiger partial charge is 0.423 e. The van der Waals surface area contributed by atoms with Crippen LogP contribution in [0.25, 0.3) is 0 Å². The van der Waals surface area contributed by atoms with Crippen LogP contribution in [-0.4, -0.2) is 82.3 Å². The number of aryl methyl sites for hydroxylation is 1. The molecule has 0 unspecified atom stereocenters. The Bertz CT molecular complexity index is 4910. The molecule has 4 N–H and O–H groups in total. The van der Waals surface area contributed by atoms with Crippen molar-refractivity contribution in [3.05, 3.63) is 187 Å². The number of non-ortho nitro benzene ring substituents is 2. The van der Waals surface area contributed by atoms with E-state index in [4.69, 9.17) is 4.74 Å². The van der Waals surface area contributed by atoms with Crippen LogP contribution < -0.4 is 4.74 Å². The molecular formula is C79H86N6O6S24. The third kappa shape index (κ3) is 18.4. The molecule has 36 heteroatoms. The molecule has 13 heterocycles. The maximum absolute atomic E-state index is 13.1. The fraction of sp³-hybridized carbons (Fsp3) is 0.430. The topological polar surface area (TPSA) is 176 Å². The molecule has 4 aromatic heterocycles. The summed E-state index contributed by atoms with van der Waals surface area (Å²) in [4.78, 5) is 63.3. The van der Waals surface area contributed by atoms with E-state index in [-0.39, 0.29) is 11.3 Å². The molecule has 0 amide bonds. The van der Waals surface area contributed by atoms with Crippen molar-refractivity contribution < 1.29 is 19.4 Å². The van der Waals surface area contributed by atoms with Crippen LogP contribution in [0.15, 0.2) is 149 Å². The van der Waals surface area contributed by atoms with Gasteiger partial charge in [-0.05, 0) is 171 Å². The first kappa shape index (κ1) is 90.0. The summed E-state index contributed by atoms with van der Waals surface area (Å²) >= 11 is 47.9. The normalized spacial score (nSPS) is 19.2. The van der Waals surface area contributed by atoms with Crippen molar-refractivity contribution in [2.75, 3.05) is 46.5 Å². The molecule has 0 atom stereocenters. The summed E-state index contributed by atoms with van der Waals surface area (Å²) in [5.41, 5.74) is 7.58. The van der Waals surface area contributed by atoms with E-state index in [1.165, 1.54) is 153 Å². The Morgan fingerprint density at radius 2 is 0.591 bits per heavy atom. The number of nitrogens with zero attached hydrogens (tertiary/aromatic N) is 2. The Kier molecular flexibility index (Phi) is 30.0. The first-order chi connectivity index (χ1) is 55.2. The van der Waals surface area contributed by atoms with Crippen molar-refractivity contribution >= 4 is 300 Å². The summed E-state index contributed by atoms with van der Waals surface area (Å²) in [5.74, 6) is 6.91. The average molecular weight is 1990 g/mol. The van der Waals surface area contributed by atoms with Crippen molar-refractivity contribution in [3.63, 3.8) is 0 Å². The number of nitrogens with one attached hydrogen (secondary N) is 4. The molecule has 0 radical (unpaired) electrons. The Hall–Kier alpha value is 0.150. The third-order valence-corrected chi connectivity index (χ3v) is 55.2. The molecule has 8 bridgehead atoms. The number of carbonyl (C=O) groups excluding carboxylic acids is 1. The number of esters is 1. The first-order valence-electron chi connectivity index (χ1n) is 37.8. The molecule has 12 nitrogen and oxygen atoms in total. The van der Waals surface area contributed by atoms with Crippen LogP contribution in [0.2, 0.25) is 0 Å². The molecule has 115 heavy (non-hydrogen) atoms. The van der Waals surface area contributed by atoms with Crippen LogP contribution in [0.1, 0.15) is 203 Å². The van der Waals surface area contributed by atoms with Crippen LogP contribution in [0, 0.1) is 20.2 Å². The predicted molar refractivity (Wildman–Crippen MR) is 537 cm³/mol. The molecule has 2 aromatic carbocycles. The standard InChI is InChI=1S/C79H86N6O6S24/c1-16-28-93-62-63(94-29-17-2)111-73(110-62)69-102-45-47(104-69)55-78(11,12)57-49-50(107-71(106-49)75-114-66(97-32-20-5)67(115-75)98-33-21-6)58(83-57)79(13,14)56-48-46(103-70(105-48)74-112-64(95-30-18-3)65(113-74)96-31-19-4)54(82-56)77(9,10)52-44-43(51(80-52)76(7,8)53(45)81-55)100-68(101-44)72-108-60(92-15)61(109-72)99-34-22-23-38-24-26-42(27-25-38)91-59(86)39-35-40(84(87)88)37-41(36-39)85(89)90/h24-27,35-37,80-83H,16-23,28-34H2,1-15H3. The Morgan fingerprint density at radius 1 is 0.357 bits per heavy atom. The maximum atomic E-state index is 13.1. The number of benzene rings is 2. The van der Waals surface area contributed by atoms with E-state index in [0.717, 1.165) is 115 Å². The summed E-state index contributed by atoms with van der Waals surface area (Å²) in [5, 5.41) is 23.1. The number of aromatic nitrogens is 4. The van der Waals surface area contributed by atoms with Gasteiger partial charge in [0, 0.05) is 119 Å². The summed E-state index contributed by atoms with van der Waals surface area (Å²) < 4.78 is 28.0. The van der Waals surface area contributed by atoms with Gasteiger partial charge in [0.2, 0.25) is 0 Å². The van der Waals surface area contributed by atoms with E-state index in [0.29, 0.717) is 0 Å². The van der Waals surface area contributed by atoms with Crippen LogP contribution in [0.5, 0.6) is 5.75 Å². The number of hydrogen-bond acceptors (Lipinski definition) is 30. The van der Waals surface area contributed by atoms with Gasteiger partial charge in [-0.25, -0.2) is 4.79 Å². The lowest BCUT2D eigenvalue weighted by molar-refractivity contribution is -0.394. The van der Waals surface area contributed by atoms with Crippen molar-refractivity contribution in [3.8, 4) is 5.75 Å². The van der Waals surface area contributed by atoms with Gasteiger partial charge in [-0.2, -0.15) is 0 Å². The molecule has 0 saturated carbocycles. The first-order valence-corrected chi connectivity index (χ1v) is 59.0. The van der Waals surface area contributed by atoms with Gasteiger partial charge >= 0.3 is 5.97 Å². The number of nitro groups is 2. The summed E-state index contributed by atoms with van der Waals surface area (Å²) in [6.07, 6.45) is 10.8. The minimum absolute atomic E-state index is 0.239. The minimum Gasteiger partial charge on any atom is -0.423 e. The van der Waals surface area contributed by atoms with Gasteiger partial charge in [0.1, 0.15) is 5.75 Å². The van der Waals surface area contributed by atoms with Gasteiger partial charge in [0.15, 0.2) is 0 Å². The number of ether oxygens (including phenoxy) is 1. The van der Waals surface area contributed by atoms with E-state index in [2.05, 4.69) is 123 Å². The number of rotatable bonds is 28. The second kappa shape index (κ2) is 38.4. The number of hydrogen-bond donors (Lipinski definition) is 4. The second-order valence-corrected chi connectivity index (χ2v) is 58.4. The Balaban J connectivity index is 0.816. The average Bonchev–Trinajstić information content (AvgIpc) is 1.53. The highest BCUT2D eigenvalue weighted by Crippen LogP contribution is 2.74. The molecule has 0 fully saturated rings. The number of H-pyrrole nitrogens is 4. The monoisotopic (exact) mass is 1980 g/mol.